The predicted molar refractivity (Wildman–Crippen MR) is 76.5 cm³/mol. The Morgan fingerprint density at radius 3 is 2.74 bits per heavy atom. The molecule has 0 aliphatic rings. The predicted octanol–water partition coefficient (Wildman–Crippen LogP) is 2.96. The van der Waals surface area contributed by atoms with Gasteiger partial charge in [0.1, 0.15) is 5.75 Å². The summed E-state index contributed by atoms with van der Waals surface area (Å²) in [5, 5.41) is 0.718. The minimum atomic E-state index is -0.108. The van der Waals surface area contributed by atoms with E-state index in [1.165, 1.54) is 11.8 Å². The molecule has 0 saturated carbocycles. The van der Waals surface area contributed by atoms with Gasteiger partial charge in [-0.2, -0.15) is 0 Å². The van der Waals surface area contributed by atoms with Crippen molar-refractivity contribution in [2.75, 3.05) is 7.11 Å². The van der Waals surface area contributed by atoms with Gasteiger partial charge < -0.3 is 10.5 Å². The van der Waals surface area contributed by atoms with Crippen LogP contribution in [-0.2, 0) is 0 Å². The van der Waals surface area contributed by atoms with Crippen LogP contribution in [0.25, 0.3) is 0 Å². The SMILES string of the molecule is COc1cccc(Sc2nccc(C)n2)c1[C@@H](C)N. The smallest absolute Gasteiger partial charge is 0.192 e. The Morgan fingerprint density at radius 2 is 2.11 bits per heavy atom. The van der Waals surface area contributed by atoms with Crippen LogP contribution in [0.15, 0.2) is 40.5 Å². The maximum atomic E-state index is 6.04. The van der Waals surface area contributed by atoms with E-state index in [1.54, 1.807) is 13.3 Å². The van der Waals surface area contributed by atoms with E-state index in [0.717, 1.165) is 27.1 Å². The van der Waals surface area contributed by atoms with Crippen LogP contribution in [0.5, 0.6) is 5.75 Å². The molecule has 0 aliphatic heterocycles. The zero-order chi connectivity index (χ0) is 13.8. The molecule has 5 heteroatoms. The quantitative estimate of drug-likeness (QED) is 0.869. The van der Waals surface area contributed by atoms with E-state index in [1.807, 2.05) is 38.1 Å². The summed E-state index contributed by atoms with van der Waals surface area (Å²) in [7, 11) is 1.65. The van der Waals surface area contributed by atoms with Gasteiger partial charge in [-0.15, -0.1) is 0 Å². The number of benzene rings is 1. The topological polar surface area (TPSA) is 61.0 Å². The number of nitrogens with zero attached hydrogens (tertiary/aromatic N) is 2. The van der Waals surface area contributed by atoms with E-state index >= 15 is 0 Å². The molecular weight excluding hydrogens is 258 g/mol. The molecule has 4 nitrogen and oxygen atoms in total. The van der Waals surface area contributed by atoms with Gasteiger partial charge in [-0.05, 0) is 43.8 Å². The molecule has 0 fully saturated rings. The van der Waals surface area contributed by atoms with Crippen LogP contribution in [0.4, 0.5) is 0 Å². The minimum Gasteiger partial charge on any atom is -0.496 e. The first kappa shape index (κ1) is 13.8. The molecule has 0 unspecified atom stereocenters. The lowest BCUT2D eigenvalue weighted by Gasteiger charge is -2.15. The lowest BCUT2D eigenvalue weighted by Crippen LogP contribution is -2.08. The van der Waals surface area contributed by atoms with E-state index < -0.39 is 0 Å². The van der Waals surface area contributed by atoms with Crippen LogP contribution >= 0.6 is 11.8 Å². The van der Waals surface area contributed by atoms with Crippen molar-refractivity contribution in [2.45, 2.75) is 29.9 Å². The number of hydrogen-bond donors (Lipinski definition) is 1. The van der Waals surface area contributed by atoms with Crippen LogP contribution in [0, 0.1) is 6.92 Å². The van der Waals surface area contributed by atoms with Gasteiger partial charge in [0, 0.05) is 28.4 Å². The molecular formula is C14H17N3OS. The number of hydrogen-bond acceptors (Lipinski definition) is 5. The zero-order valence-corrected chi connectivity index (χ0v) is 12.1. The fourth-order valence-electron chi connectivity index (χ4n) is 1.81. The van der Waals surface area contributed by atoms with Crippen molar-refractivity contribution < 1.29 is 4.74 Å². The largest absolute Gasteiger partial charge is 0.496 e. The van der Waals surface area contributed by atoms with Crippen molar-refractivity contribution >= 4 is 11.8 Å². The van der Waals surface area contributed by atoms with Crippen LogP contribution in [-0.4, -0.2) is 17.1 Å². The lowest BCUT2D eigenvalue weighted by atomic mass is 10.1. The maximum absolute atomic E-state index is 6.04. The molecule has 2 aromatic rings. The maximum Gasteiger partial charge on any atom is 0.192 e. The highest BCUT2D eigenvalue weighted by Gasteiger charge is 2.14. The summed E-state index contributed by atoms with van der Waals surface area (Å²) in [5.41, 5.74) is 7.97. The molecule has 0 radical (unpaired) electrons. The highest BCUT2D eigenvalue weighted by molar-refractivity contribution is 7.99. The summed E-state index contributed by atoms with van der Waals surface area (Å²) < 4.78 is 5.37. The summed E-state index contributed by atoms with van der Waals surface area (Å²) in [5.74, 6) is 0.799. The Hall–Kier alpha value is -1.59. The first-order valence-corrected chi connectivity index (χ1v) is 6.83. The molecule has 19 heavy (non-hydrogen) atoms. The molecule has 0 amide bonds. The summed E-state index contributed by atoms with van der Waals surface area (Å²) in [4.78, 5) is 9.68. The standard InChI is InChI=1S/C14H17N3OS/c1-9-7-8-16-14(17-9)19-12-6-4-5-11(18-3)13(12)10(2)15/h4-8,10H,15H2,1-3H3/t10-/m1/s1. The van der Waals surface area contributed by atoms with E-state index in [0.29, 0.717) is 0 Å². The van der Waals surface area contributed by atoms with Gasteiger partial charge in [0.05, 0.1) is 7.11 Å². The Kier molecular flexibility index (Phi) is 4.39. The highest BCUT2D eigenvalue weighted by Crippen LogP contribution is 2.36. The zero-order valence-electron chi connectivity index (χ0n) is 11.3. The average Bonchev–Trinajstić information content (AvgIpc) is 2.38. The summed E-state index contributed by atoms with van der Waals surface area (Å²) in [6, 6.07) is 7.64. The fourth-order valence-corrected chi connectivity index (χ4v) is 2.86. The van der Waals surface area contributed by atoms with E-state index in [-0.39, 0.29) is 6.04 Å². The van der Waals surface area contributed by atoms with Crippen LogP contribution in [0.3, 0.4) is 0 Å². The lowest BCUT2D eigenvalue weighted by molar-refractivity contribution is 0.405. The molecule has 0 bridgehead atoms. The third-order valence-electron chi connectivity index (χ3n) is 2.68. The van der Waals surface area contributed by atoms with Gasteiger partial charge in [-0.25, -0.2) is 9.97 Å². The molecule has 100 valence electrons. The Balaban J connectivity index is 2.39. The molecule has 2 rings (SSSR count). The van der Waals surface area contributed by atoms with Gasteiger partial charge in [-0.1, -0.05) is 6.07 Å². The number of aryl methyl sites for hydroxylation is 1. The monoisotopic (exact) mass is 275 g/mol. The van der Waals surface area contributed by atoms with E-state index in [2.05, 4.69) is 9.97 Å². The molecule has 1 atom stereocenters. The number of nitrogens with two attached hydrogens (primary N) is 1. The molecule has 1 aromatic carbocycles. The van der Waals surface area contributed by atoms with Crippen LogP contribution in [0.2, 0.25) is 0 Å². The van der Waals surface area contributed by atoms with Crippen molar-refractivity contribution in [3.8, 4) is 5.75 Å². The Labute approximate surface area is 117 Å². The van der Waals surface area contributed by atoms with Gasteiger partial charge in [-0.3, -0.25) is 0 Å². The second-order valence-electron chi connectivity index (χ2n) is 4.24. The molecule has 1 aromatic heterocycles. The van der Waals surface area contributed by atoms with Crippen molar-refractivity contribution in [2.24, 2.45) is 5.73 Å². The van der Waals surface area contributed by atoms with E-state index in [4.69, 9.17) is 10.5 Å². The number of ether oxygens (including phenoxy) is 1. The molecule has 0 spiro atoms. The number of methoxy groups -OCH3 is 1. The van der Waals surface area contributed by atoms with Gasteiger partial charge >= 0.3 is 0 Å². The fraction of sp³-hybridized carbons (Fsp3) is 0.286. The van der Waals surface area contributed by atoms with Crippen molar-refractivity contribution in [1.29, 1.82) is 0 Å². The normalized spacial score (nSPS) is 12.2. The van der Waals surface area contributed by atoms with Gasteiger partial charge in [0.15, 0.2) is 5.16 Å². The average molecular weight is 275 g/mol. The van der Waals surface area contributed by atoms with Crippen LogP contribution in [0.1, 0.15) is 24.2 Å². The Bertz CT molecular complexity index is 572. The summed E-state index contributed by atoms with van der Waals surface area (Å²) in [6.45, 7) is 3.89. The summed E-state index contributed by atoms with van der Waals surface area (Å²) in [6.07, 6.45) is 1.76. The number of aromatic nitrogens is 2. The highest BCUT2D eigenvalue weighted by atomic mass is 32.2. The van der Waals surface area contributed by atoms with Crippen molar-refractivity contribution in [1.82, 2.24) is 9.97 Å². The third-order valence-corrected chi connectivity index (χ3v) is 3.63. The Morgan fingerprint density at radius 1 is 1.32 bits per heavy atom. The van der Waals surface area contributed by atoms with Crippen molar-refractivity contribution in [3.63, 3.8) is 0 Å². The molecule has 0 aliphatic carbocycles. The van der Waals surface area contributed by atoms with Gasteiger partial charge in [0.25, 0.3) is 0 Å². The van der Waals surface area contributed by atoms with E-state index in [9.17, 15) is 0 Å². The molecule has 1 heterocycles. The first-order chi connectivity index (χ1) is 9.11. The molecule has 0 saturated heterocycles. The second-order valence-corrected chi connectivity index (χ2v) is 5.25. The van der Waals surface area contributed by atoms with Crippen LogP contribution < -0.4 is 10.5 Å². The number of rotatable bonds is 4. The third kappa shape index (κ3) is 3.24. The van der Waals surface area contributed by atoms with Gasteiger partial charge in [0.2, 0.25) is 0 Å². The van der Waals surface area contributed by atoms with Crippen molar-refractivity contribution in [3.05, 3.63) is 41.7 Å². The second kappa shape index (κ2) is 6.04. The minimum absolute atomic E-state index is 0.108. The summed E-state index contributed by atoms with van der Waals surface area (Å²) >= 11 is 1.50. The first-order valence-electron chi connectivity index (χ1n) is 6.02. The molecule has 2 N–H and O–H groups in total.